The van der Waals surface area contributed by atoms with Crippen LogP contribution in [0.15, 0.2) is 48.5 Å². The summed E-state index contributed by atoms with van der Waals surface area (Å²) in [5, 5.41) is 4.08. The van der Waals surface area contributed by atoms with Crippen molar-refractivity contribution in [2.45, 2.75) is 12.2 Å². The van der Waals surface area contributed by atoms with Gasteiger partial charge in [0.25, 0.3) is 0 Å². The van der Waals surface area contributed by atoms with Crippen molar-refractivity contribution in [2.24, 2.45) is 0 Å². The highest BCUT2D eigenvalue weighted by Crippen LogP contribution is 2.24. The Hall–Kier alpha value is -1.16. The summed E-state index contributed by atoms with van der Waals surface area (Å²) >= 11 is 13.6. The van der Waals surface area contributed by atoms with Crippen LogP contribution < -0.4 is 5.32 Å². The van der Waals surface area contributed by atoms with Crippen LogP contribution >= 0.6 is 35.0 Å². The summed E-state index contributed by atoms with van der Waals surface area (Å²) in [6, 6.07) is 15.4. The lowest BCUT2D eigenvalue weighted by Gasteiger charge is -2.06. The molecule has 0 unspecified atom stereocenters. The van der Waals surface area contributed by atoms with Crippen molar-refractivity contribution in [3.8, 4) is 0 Å². The minimum Gasteiger partial charge on any atom is -0.355 e. The summed E-state index contributed by atoms with van der Waals surface area (Å²) < 4.78 is 0. The smallest absolute Gasteiger partial charge is 0.224 e. The van der Waals surface area contributed by atoms with Crippen LogP contribution in [-0.4, -0.2) is 18.2 Å². The van der Waals surface area contributed by atoms with Crippen LogP contribution in [0.3, 0.4) is 0 Å². The Morgan fingerprint density at radius 2 is 1.77 bits per heavy atom. The molecule has 116 valence electrons. The molecule has 0 aliphatic rings. The maximum atomic E-state index is 11.8. The largest absolute Gasteiger partial charge is 0.355 e. The molecule has 1 amide bonds. The number of carbonyl (C=O) groups excluding carboxylic acids is 1. The Labute approximate surface area is 145 Å². The van der Waals surface area contributed by atoms with Crippen molar-refractivity contribution in [3.05, 3.63) is 69.7 Å². The first-order valence-electron chi connectivity index (χ1n) is 6.97. The molecule has 0 aliphatic carbocycles. The van der Waals surface area contributed by atoms with Crippen LogP contribution in [0.1, 0.15) is 11.1 Å². The van der Waals surface area contributed by atoms with Crippen molar-refractivity contribution in [1.82, 2.24) is 5.32 Å². The molecule has 0 fully saturated rings. The zero-order valence-corrected chi connectivity index (χ0v) is 14.3. The van der Waals surface area contributed by atoms with Crippen LogP contribution in [0, 0.1) is 0 Å². The average Bonchev–Trinajstić information content (AvgIpc) is 2.51. The van der Waals surface area contributed by atoms with E-state index in [1.807, 2.05) is 42.5 Å². The maximum absolute atomic E-state index is 11.8. The van der Waals surface area contributed by atoms with E-state index in [1.54, 1.807) is 17.8 Å². The second-order valence-corrected chi connectivity index (χ2v) is 6.73. The van der Waals surface area contributed by atoms with Crippen molar-refractivity contribution < 1.29 is 4.79 Å². The van der Waals surface area contributed by atoms with E-state index >= 15 is 0 Å². The molecule has 2 aromatic carbocycles. The van der Waals surface area contributed by atoms with E-state index in [-0.39, 0.29) is 5.91 Å². The molecule has 0 atom stereocenters. The van der Waals surface area contributed by atoms with E-state index < -0.39 is 0 Å². The second kappa shape index (κ2) is 9.09. The highest BCUT2D eigenvalue weighted by Gasteiger charge is 2.03. The van der Waals surface area contributed by atoms with Gasteiger partial charge in [0, 0.05) is 18.1 Å². The van der Waals surface area contributed by atoms with Crippen molar-refractivity contribution >= 4 is 40.9 Å². The topological polar surface area (TPSA) is 29.1 Å². The molecule has 5 heteroatoms. The van der Waals surface area contributed by atoms with Crippen LogP contribution in [0.4, 0.5) is 0 Å². The molecule has 0 aromatic heterocycles. The normalized spacial score (nSPS) is 10.5. The van der Waals surface area contributed by atoms with Gasteiger partial charge in [-0.05, 0) is 23.3 Å². The van der Waals surface area contributed by atoms with Gasteiger partial charge in [-0.3, -0.25) is 4.79 Å². The number of carbonyl (C=O) groups is 1. The molecule has 0 bridgehead atoms. The molecule has 0 heterocycles. The Bertz CT molecular complexity index is 619. The molecule has 0 radical (unpaired) electrons. The Morgan fingerprint density at radius 3 is 2.50 bits per heavy atom. The third-order valence-electron chi connectivity index (χ3n) is 3.03. The van der Waals surface area contributed by atoms with E-state index in [2.05, 4.69) is 5.32 Å². The molecule has 0 spiro atoms. The lowest BCUT2D eigenvalue weighted by atomic mass is 10.1. The van der Waals surface area contributed by atoms with E-state index in [4.69, 9.17) is 23.2 Å². The fraction of sp³-hybridized carbons (Fsp3) is 0.235. The van der Waals surface area contributed by atoms with Crippen LogP contribution in [0.2, 0.25) is 10.0 Å². The summed E-state index contributed by atoms with van der Waals surface area (Å²) in [4.78, 5) is 11.8. The molecule has 22 heavy (non-hydrogen) atoms. The Kier molecular flexibility index (Phi) is 7.10. The fourth-order valence-electron chi connectivity index (χ4n) is 1.93. The van der Waals surface area contributed by atoms with Crippen LogP contribution in [0.5, 0.6) is 0 Å². The summed E-state index contributed by atoms with van der Waals surface area (Å²) in [5.41, 5.74) is 2.17. The second-order valence-electron chi connectivity index (χ2n) is 4.81. The van der Waals surface area contributed by atoms with Crippen molar-refractivity contribution in [1.29, 1.82) is 0 Å². The van der Waals surface area contributed by atoms with Crippen LogP contribution in [0.25, 0.3) is 0 Å². The molecular weight excluding hydrogens is 337 g/mol. The first kappa shape index (κ1) is 17.2. The van der Waals surface area contributed by atoms with E-state index in [0.29, 0.717) is 23.0 Å². The first-order chi connectivity index (χ1) is 10.6. The van der Waals surface area contributed by atoms with Gasteiger partial charge in [-0.25, -0.2) is 0 Å². The van der Waals surface area contributed by atoms with Gasteiger partial charge < -0.3 is 5.32 Å². The number of thioether (sulfide) groups is 1. The number of nitrogens with one attached hydrogen (secondary N) is 1. The van der Waals surface area contributed by atoms with Gasteiger partial charge in [0.2, 0.25) is 5.91 Å². The molecule has 2 aromatic rings. The maximum Gasteiger partial charge on any atom is 0.224 e. The van der Waals surface area contributed by atoms with E-state index in [0.717, 1.165) is 22.6 Å². The number of hydrogen-bond donors (Lipinski definition) is 1. The monoisotopic (exact) mass is 353 g/mol. The average molecular weight is 354 g/mol. The fourth-order valence-corrected chi connectivity index (χ4v) is 3.05. The Morgan fingerprint density at radius 1 is 1.00 bits per heavy atom. The third kappa shape index (κ3) is 5.91. The van der Waals surface area contributed by atoms with Crippen molar-refractivity contribution in [3.63, 3.8) is 0 Å². The van der Waals surface area contributed by atoms with Crippen molar-refractivity contribution in [2.75, 3.05) is 12.3 Å². The summed E-state index contributed by atoms with van der Waals surface area (Å²) in [6.45, 7) is 0.664. The standard InChI is InChI=1S/C17H17Cl2NOS/c18-15-7-6-14(10-16(15)19)12-22-9-8-20-17(21)11-13-4-2-1-3-5-13/h1-7,10H,8-9,11-12H2,(H,20,21). The van der Waals surface area contributed by atoms with Crippen LogP contribution in [-0.2, 0) is 17.0 Å². The summed E-state index contributed by atoms with van der Waals surface area (Å²) in [6.07, 6.45) is 0.429. The molecule has 1 N–H and O–H groups in total. The molecule has 0 saturated heterocycles. The molecule has 2 rings (SSSR count). The molecule has 2 nitrogen and oxygen atoms in total. The zero-order valence-electron chi connectivity index (χ0n) is 12.0. The SMILES string of the molecule is O=C(Cc1ccccc1)NCCSCc1ccc(Cl)c(Cl)c1. The first-order valence-corrected chi connectivity index (χ1v) is 8.88. The van der Waals surface area contributed by atoms with Gasteiger partial charge in [-0.15, -0.1) is 0 Å². The van der Waals surface area contributed by atoms with Gasteiger partial charge in [-0.2, -0.15) is 11.8 Å². The summed E-state index contributed by atoms with van der Waals surface area (Å²) in [5.74, 6) is 1.77. The third-order valence-corrected chi connectivity index (χ3v) is 4.80. The van der Waals surface area contributed by atoms with E-state index in [9.17, 15) is 4.79 Å². The molecule has 0 aliphatic heterocycles. The van der Waals surface area contributed by atoms with Gasteiger partial charge >= 0.3 is 0 Å². The predicted octanol–water partition coefficient (Wildman–Crippen LogP) is 4.59. The number of halogens is 2. The molecular formula is C17H17Cl2NOS. The lowest BCUT2D eigenvalue weighted by Crippen LogP contribution is -2.27. The zero-order chi connectivity index (χ0) is 15.8. The molecule has 0 saturated carbocycles. The van der Waals surface area contributed by atoms with Gasteiger partial charge in [0.1, 0.15) is 0 Å². The highest BCUT2D eigenvalue weighted by molar-refractivity contribution is 7.98. The van der Waals surface area contributed by atoms with E-state index in [1.165, 1.54) is 0 Å². The predicted molar refractivity (Wildman–Crippen MR) is 95.8 cm³/mol. The van der Waals surface area contributed by atoms with Gasteiger partial charge in [-0.1, -0.05) is 59.6 Å². The number of hydrogen-bond acceptors (Lipinski definition) is 2. The number of benzene rings is 2. The number of amides is 1. The highest BCUT2D eigenvalue weighted by atomic mass is 35.5. The minimum atomic E-state index is 0.0568. The van der Waals surface area contributed by atoms with Gasteiger partial charge in [0.05, 0.1) is 16.5 Å². The van der Waals surface area contributed by atoms with Gasteiger partial charge in [0.15, 0.2) is 0 Å². The number of rotatable bonds is 7. The Balaban J connectivity index is 1.62. The quantitative estimate of drug-likeness (QED) is 0.737. The summed E-state index contributed by atoms with van der Waals surface area (Å²) in [7, 11) is 0. The lowest BCUT2D eigenvalue weighted by molar-refractivity contribution is -0.120. The minimum absolute atomic E-state index is 0.0568.